The molecule has 0 bridgehead atoms. The van der Waals surface area contributed by atoms with Gasteiger partial charge in [0.25, 0.3) is 0 Å². The first kappa shape index (κ1) is 17.2. The molecule has 1 fully saturated rings. The number of benzene rings is 1. The lowest BCUT2D eigenvalue weighted by molar-refractivity contribution is 0.199. The average molecular weight is 314 g/mol. The van der Waals surface area contributed by atoms with Crippen LogP contribution in [-0.2, 0) is 6.54 Å². The molecule has 2 N–H and O–H groups in total. The van der Waals surface area contributed by atoms with Gasteiger partial charge >= 0.3 is 0 Å². The van der Waals surface area contributed by atoms with Crippen molar-refractivity contribution < 1.29 is 0 Å². The number of likely N-dealkylation sites (tertiary alicyclic amines) is 1. The maximum Gasteiger partial charge on any atom is 0.0705 e. The van der Waals surface area contributed by atoms with Crippen molar-refractivity contribution in [2.45, 2.75) is 25.4 Å². The van der Waals surface area contributed by atoms with Crippen molar-refractivity contribution in [3.63, 3.8) is 0 Å². The van der Waals surface area contributed by atoms with Gasteiger partial charge in [-0.15, -0.1) is 24.8 Å². The minimum absolute atomic E-state index is 0. The number of nitrogens with zero attached hydrogens (tertiary/aromatic N) is 2. The van der Waals surface area contributed by atoms with E-state index in [1.165, 1.54) is 11.8 Å². The van der Waals surface area contributed by atoms with E-state index in [1.807, 2.05) is 12.1 Å². The zero-order valence-electron chi connectivity index (χ0n) is 11.4. The van der Waals surface area contributed by atoms with Crippen molar-refractivity contribution in [2.24, 2.45) is 5.73 Å². The number of hydrogen-bond acceptors (Lipinski definition) is 3. The van der Waals surface area contributed by atoms with Gasteiger partial charge in [0, 0.05) is 24.5 Å². The fourth-order valence-corrected chi connectivity index (χ4v) is 2.66. The molecule has 110 valence electrons. The summed E-state index contributed by atoms with van der Waals surface area (Å²) in [6.07, 6.45) is 2.36. The van der Waals surface area contributed by atoms with E-state index in [2.05, 4.69) is 29.2 Å². The summed E-state index contributed by atoms with van der Waals surface area (Å²) in [7, 11) is 0. The van der Waals surface area contributed by atoms with Crippen LogP contribution < -0.4 is 5.73 Å². The Morgan fingerprint density at radius 1 is 1.15 bits per heavy atom. The lowest BCUT2D eigenvalue weighted by Gasteiger charge is -2.30. The molecule has 1 aromatic carbocycles. The molecular weight excluding hydrogens is 293 g/mol. The summed E-state index contributed by atoms with van der Waals surface area (Å²) >= 11 is 0. The van der Waals surface area contributed by atoms with Crippen LogP contribution in [0.3, 0.4) is 0 Å². The molecule has 3 rings (SSSR count). The fourth-order valence-electron chi connectivity index (χ4n) is 2.66. The van der Waals surface area contributed by atoms with Crippen LogP contribution in [0.4, 0.5) is 0 Å². The van der Waals surface area contributed by atoms with Crippen LogP contribution in [0.5, 0.6) is 0 Å². The number of halogens is 2. The van der Waals surface area contributed by atoms with E-state index >= 15 is 0 Å². The summed E-state index contributed by atoms with van der Waals surface area (Å²) in [5.41, 5.74) is 8.23. The van der Waals surface area contributed by atoms with Gasteiger partial charge in [0.15, 0.2) is 0 Å². The van der Waals surface area contributed by atoms with Gasteiger partial charge in [-0.05, 0) is 31.5 Å². The monoisotopic (exact) mass is 313 g/mol. The molecular formula is C15H21Cl2N3. The zero-order chi connectivity index (χ0) is 12.4. The molecule has 1 saturated heterocycles. The third-order valence-electron chi connectivity index (χ3n) is 3.58. The maximum absolute atomic E-state index is 6.01. The Morgan fingerprint density at radius 3 is 2.75 bits per heavy atom. The highest BCUT2D eigenvalue weighted by Gasteiger charge is 2.16. The summed E-state index contributed by atoms with van der Waals surface area (Å²) in [5.74, 6) is 0. The minimum Gasteiger partial charge on any atom is -0.327 e. The summed E-state index contributed by atoms with van der Waals surface area (Å²) < 4.78 is 0. The smallest absolute Gasteiger partial charge is 0.0705 e. The number of nitrogens with two attached hydrogens (primary N) is 1. The molecule has 1 aromatic heterocycles. The number of fused-ring (bicyclic) bond motifs is 1. The second kappa shape index (κ2) is 7.79. The van der Waals surface area contributed by atoms with Crippen molar-refractivity contribution >= 4 is 35.7 Å². The Hall–Kier alpha value is -0.870. The van der Waals surface area contributed by atoms with Crippen LogP contribution in [0.15, 0.2) is 36.4 Å². The molecule has 1 aliphatic rings. The summed E-state index contributed by atoms with van der Waals surface area (Å²) in [6.45, 7) is 3.05. The Kier molecular flexibility index (Phi) is 6.69. The molecule has 0 spiro atoms. The zero-order valence-corrected chi connectivity index (χ0v) is 13.0. The highest BCUT2D eigenvalue weighted by molar-refractivity contribution is 5.85. The molecule has 0 unspecified atom stereocenters. The summed E-state index contributed by atoms with van der Waals surface area (Å²) in [4.78, 5) is 7.12. The van der Waals surface area contributed by atoms with Crippen LogP contribution >= 0.6 is 24.8 Å². The van der Waals surface area contributed by atoms with Gasteiger partial charge in [0.2, 0.25) is 0 Å². The Labute approximate surface area is 132 Å². The van der Waals surface area contributed by atoms with Crippen molar-refractivity contribution in [2.75, 3.05) is 13.1 Å². The molecule has 0 aliphatic carbocycles. The van der Waals surface area contributed by atoms with Crippen molar-refractivity contribution in [1.29, 1.82) is 0 Å². The maximum atomic E-state index is 6.01. The third-order valence-corrected chi connectivity index (χ3v) is 3.58. The van der Waals surface area contributed by atoms with Gasteiger partial charge in [-0.1, -0.05) is 24.3 Å². The molecule has 20 heavy (non-hydrogen) atoms. The van der Waals surface area contributed by atoms with Crippen LogP contribution in [0, 0.1) is 0 Å². The number of hydrogen-bond donors (Lipinski definition) is 1. The first-order valence-corrected chi connectivity index (χ1v) is 6.64. The van der Waals surface area contributed by atoms with E-state index in [-0.39, 0.29) is 24.8 Å². The SMILES string of the molecule is Cl.Cl.N[C@@H]1CCCN(Cc2ccc3ccccc3n2)C1. The van der Waals surface area contributed by atoms with Crippen molar-refractivity contribution in [3.05, 3.63) is 42.1 Å². The molecule has 2 aromatic rings. The molecule has 0 saturated carbocycles. The number of aromatic nitrogens is 1. The van der Waals surface area contributed by atoms with E-state index in [0.29, 0.717) is 6.04 Å². The lowest BCUT2D eigenvalue weighted by atomic mass is 10.1. The van der Waals surface area contributed by atoms with Crippen molar-refractivity contribution in [1.82, 2.24) is 9.88 Å². The predicted molar refractivity (Wildman–Crippen MR) is 88.7 cm³/mol. The molecule has 2 heterocycles. The molecule has 0 amide bonds. The van der Waals surface area contributed by atoms with Gasteiger partial charge < -0.3 is 5.73 Å². The standard InChI is InChI=1S/C15H19N3.2ClH/c16-13-5-3-9-18(10-13)11-14-8-7-12-4-1-2-6-15(12)17-14;;/h1-2,4,6-8,13H,3,5,9-11,16H2;2*1H/t13-;;/m1../s1. The normalized spacial score (nSPS) is 19.1. The van der Waals surface area contributed by atoms with Crippen molar-refractivity contribution in [3.8, 4) is 0 Å². The van der Waals surface area contributed by atoms with Crippen LogP contribution in [0.1, 0.15) is 18.5 Å². The predicted octanol–water partition coefficient (Wildman–Crippen LogP) is 3.00. The largest absolute Gasteiger partial charge is 0.327 e. The summed E-state index contributed by atoms with van der Waals surface area (Å²) in [5, 5.41) is 1.21. The quantitative estimate of drug-likeness (QED) is 0.926. The fraction of sp³-hybridized carbons (Fsp3) is 0.400. The van der Waals surface area contributed by atoms with Crippen LogP contribution in [0.2, 0.25) is 0 Å². The number of rotatable bonds is 2. The van der Waals surface area contributed by atoms with Crippen LogP contribution in [0.25, 0.3) is 10.9 Å². The van der Waals surface area contributed by atoms with Crippen LogP contribution in [-0.4, -0.2) is 29.0 Å². The highest BCUT2D eigenvalue weighted by atomic mass is 35.5. The number of pyridine rings is 1. The van der Waals surface area contributed by atoms with Gasteiger partial charge in [-0.3, -0.25) is 9.88 Å². The third kappa shape index (κ3) is 4.06. The van der Waals surface area contributed by atoms with Gasteiger partial charge in [0.1, 0.15) is 0 Å². The molecule has 1 atom stereocenters. The Morgan fingerprint density at radius 2 is 1.95 bits per heavy atom. The summed E-state index contributed by atoms with van der Waals surface area (Å²) in [6, 6.07) is 12.9. The second-order valence-corrected chi connectivity index (χ2v) is 5.13. The second-order valence-electron chi connectivity index (χ2n) is 5.13. The first-order chi connectivity index (χ1) is 8.81. The van der Waals surface area contributed by atoms with E-state index in [4.69, 9.17) is 10.7 Å². The minimum atomic E-state index is 0. The van der Waals surface area contributed by atoms with Gasteiger partial charge in [-0.2, -0.15) is 0 Å². The highest BCUT2D eigenvalue weighted by Crippen LogP contribution is 2.15. The van der Waals surface area contributed by atoms with Gasteiger partial charge in [0.05, 0.1) is 11.2 Å². The van der Waals surface area contributed by atoms with E-state index in [9.17, 15) is 0 Å². The molecule has 0 radical (unpaired) electrons. The Bertz CT molecular complexity index is 547. The van der Waals surface area contributed by atoms with E-state index < -0.39 is 0 Å². The number of para-hydroxylation sites is 1. The molecule has 3 nitrogen and oxygen atoms in total. The molecule has 5 heteroatoms. The topological polar surface area (TPSA) is 42.1 Å². The first-order valence-electron chi connectivity index (χ1n) is 6.64. The average Bonchev–Trinajstić information content (AvgIpc) is 2.39. The van der Waals surface area contributed by atoms with Gasteiger partial charge in [-0.25, -0.2) is 0 Å². The lowest BCUT2D eigenvalue weighted by Crippen LogP contribution is -2.42. The Balaban J connectivity index is 0.000001000. The number of piperidine rings is 1. The molecule has 1 aliphatic heterocycles. The van der Waals surface area contributed by atoms with E-state index in [1.54, 1.807) is 0 Å². The van der Waals surface area contributed by atoms with E-state index in [0.717, 1.165) is 37.3 Å².